The molecule has 1 spiro atoms. The van der Waals surface area contributed by atoms with E-state index < -0.39 is 0 Å². The Morgan fingerprint density at radius 2 is 2.25 bits per heavy atom. The zero-order chi connectivity index (χ0) is 17.2. The van der Waals surface area contributed by atoms with Crippen LogP contribution in [0.15, 0.2) is 0 Å². The molecule has 1 saturated carbocycles. The number of carbonyl (C=O) groups excluding carboxylic acids is 1. The van der Waals surface area contributed by atoms with Gasteiger partial charge in [-0.1, -0.05) is 0 Å². The Hall–Kier alpha value is -1.51. The molecule has 1 saturated heterocycles. The van der Waals surface area contributed by atoms with Crippen LogP contribution in [0.25, 0.3) is 0 Å². The number of aliphatic hydroxyl groups excluding tert-OH is 1. The third kappa shape index (κ3) is 3.31. The van der Waals surface area contributed by atoms with Crippen LogP contribution in [0.3, 0.4) is 0 Å². The zero-order valence-corrected chi connectivity index (χ0v) is 14.2. The van der Waals surface area contributed by atoms with Crippen LogP contribution in [-0.2, 0) is 16.0 Å². The van der Waals surface area contributed by atoms with Crippen LogP contribution in [0.4, 0.5) is 0 Å². The molecule has 1 amide bonds. The fourth-order valence-electron chi connectivity index (χ4n) is 3.88. The molecular formula is C16H27N5O3. The summed E-state index contributed by atoms with van der Waals surface area (Å²) in [5.74, 6) is 1.57. The lowest BCUT2D eigenvalue weighted by Gasteiger charge is -2.56. The van der Waals surface area contributed by atoms with Crippen molar-refractivity contribution < 1.29 is 14.6 Å². The van der Waals surface area contributed by atoms with Gasteiger partial charge in [-0.25, -0.2) is 4.98 Å². The summed E-state index contributed by atoms with van der Waals surface area (Å²) in [5, 5.41) is 17.1. The van der Waals surface area contributed by atoms with Gasteiger partial charge in [0.1, 0.15) is 5.82 Å². The second-order valence-corrected chi connectivity index (χ2v) is 6.85. The molecule has 2 heterocycles. The van der Waals surface area contributed by atoms with E-state index in [4.69, 9.17) is 10.5 Å². The van der Waals surface area contributed by atoms with Gasteiger partial charge in [-0.15, -0.1) is 0 Å². The molecule has 2 atom stereocenters. The number of ether oxygens (including phenoxy) is 1. The number of nitrogens with two attached hydrogens (primary N) is 1. The quantitative estimate of drug-likeness (QED) is 0.660. The van der Waals surface area contributed by atoms with Gasteiger partial charge in [-0.3, -0.25) is 9.89 Å². The predicted molar refractivity (Wildman–Crippen MR) is 87.1 cm³/mol. The molecule has 0 radical (unpaired) electrons. The smallest absolute Gasteiger partial charge is 0.223 e. The molecule has 4 N–H and O–H groups in total. The molecule has 0 bridgehead atoms. The van der Waals surface area contributed by atoms with Gasteiger partial charge in [0.15, 0.2) is 5.82 Å². The van der Waals surface area contributed by atoms with E-state index in [1.807, 2.05) is 11.8 Å². The topological polar surface area (TPSA) is 117 Å². The number of nitrogens with one attached hydrogen (secondary N) is 1. The molecule has 3 rings (SSSR count). The highest BCUT2D eigenvalue weighted by Crippen LogP contribution is 2.50. The molecule has 134 valence electrons. The van der Waals surface area contributed by atoms with Crippen molar-refractivity contribution in [2.45, 2.75) is 51.2 Å². The molecule has 8 heteroatoms. The number of likely N-dealkylation sites (tertiary alicyclic amines) is 1. The summed E-state index contributed by atoms with van der Waals surface area (Å²) in [6, 6.07) is 0. The molecule has 0 aromatic carbocycles. The van der Waals surface area contributed by atoms with Gasteiger partial charge in [0.05, 0.1) is 18.8 Å². The fourth-order valence-corrected chi connectivity index (χ4v) is 3.88. The second kappa shape index (κ2) is 7.16. The first kappa shape index (κ1) is 17.3. The standard InChI is InChI=1S/C16H27N5O3/c1-11-18-14(20-19-11)2-3-15(23)21-7-4-16(5-8-21)12(22)10-13(16)24-9-6-17/h12-13,22H,2-10,17H2,1H3,(H,18,19,20)/t12-,13+/m0/s1. The molecule has 1 aromatic heterocycles. The highest BCUT2D eigenvalue weighted by atomic mass is 16.5. The van der Waals surface area contributed by atoms with Crippen molar-refractivity contribution in [2.24, 2.45) is 11.1 Å². The Morgan fingerprint density at radius 1 is 1.50 bits per heavy atom. The van der Waals surface area contributed by atoms with Gasteiger partial charge in [0, 0.05) is 44.3 Å². The number of nitrogens with zero attached hydrogens (tertiary/aromatic N) is 3. The number of hydrogen-bond donors (Lipinski definition) is 3. The van der Waals surface area contributed by atoms with Gasteiger partial charge < -0.3 is 20.5 Å². The van der Waals surface area contributed by atoms with Crippen LogP contribution in [0.5, 0.6) is 0 Å². The minimum Gasteiger partial charge on any atom is -0.392 e. The number of carbonyl (C=O) groups is 1. The molecule has 8 nitrogen and oxygen atoms in total. The molecule has 2 aliphatic rings. The highest BCUT2D eigenvalue weighted by Gasteiger charge is 2.56. The summed E-state index contributed by atoms with van der Waals surface area (Å²) >= 11 is 0. The summed E-state index contributed by atoms with van der Waals surface area (Å²) < 4.78 is 5.79. The lowest BCUT2D eigenvalue weighted by Crippen LogP contribution is -2.62. The predicted octanol–water partition coefficient (Wildman–Crippen LogP) is -0.237. The van der Waals surface area contributed by atoms with Crippen molar-refractivity contribution in [3.05, 3.63) is 11.6 Å². The molecule has 0 unspecified atom stereocenters. The molecule has 24 heavy (non-hydrogen) atoms. The first-order chi connectivity index (χ1) is 11.5. The van der Waals surface area contributed by atoms with Crippen molar-refractivity contribution in [1.29, 1.82) is 0 Å². The Labute approximate surface area is 141 Å². The third-order valence-electron chi connectivity index (χ3n) is 5.43. The van der Waals surface area contributed by atoms with Gasteiger partial charge in [0.2, 0.25) is 5.91 Å². The van der Waals surface area contributed by atoms with E-state index >= 15 is 0 Å². The number of H-pyrrole nitrogens is 1. The Kier molecular flexibility index (Phi) is 5.17. The van der Waals surface area contributed by atoms with E-state index in [9.17, 15) is 9.90 Å². The Morgan fingerprint density at radius 3 is 2.83 bits per heavy atom. The van der Waals surface area contributed by atoms with Crippen LogP contribution < -0.4 is 5.73 Å². The zero-order valence-electron chi connectivity index (χ0n) is 14.2. The van der Waals surface area contributed by atoms with Crippen LogP contribution in [0.2, 0.25) is 0 Å². The van der Waals surface area contributed by atoms with E-state index in [1.165, 1.54) is 0 Å². The summed E-state index contributed by atoms with van der Waals surface area (Å²) in [6.45, 7) is 4.21. The highest BCUT2D eigenvalue weighted by molar-refractivity contribution is 5.76. The number of amides is 1. The minimum absolute atomic E-state index is 0.0736. The molecule has 1 aromatic rings. The third-order valence-corrected chi connectivity index (χ3v) is 5.43. The van der Waals surface area contributed by atoms with Crippen LogP contribution in [-0.4, -0.2) is 69.5 Å². The average molecular weight is 337 g/mol. The Bertz CT molecular complexity index is 568. The van der Waals surface area contributed by atoms with Crippen molar-refractivity contribution in [3.63, 3.8) is 0 Å². The summed E-state index contributed by atoms with van der Waals surface area (Å²) in [5.41, 5.74) is 5.31. The minimum atomic E-state index is -0.325. The van der Waals surface area contributed by atoms with Gasteiger partial charge in [-0.2, -0.15) is 5.10 Å². The van der Waals surface area contributed by atoms with Crippen molar-refractivity contribution in [1.82, 2.24) is 20.1 Å². The molecule has 1 aliphatic carbocycles. The average Bonchev–Trinajstić information content (AvgIpc) is 3.01. The van der Waals surface area contributed by atoms with Gasteiger partial charge in [-0.05, 0) is 19.8 Å². The maximum atomic E-state index is 12.4. The van der Waals surface area contributed by atoms with Crippen LogP contribution in [0.1, 0.15) is 37.3 Å². The number of aromatic amines is 1. The molecule has 2 fully saturated rings. The van der Waals surface area contributed by atoms with E-state index in [1.54, 1.807) is 0 Å². The summed E-state index contributed by atoms with van der Waals surface area (Å²) in [6.07, 6.45) is 2.97. The maximum Gasteiger partial charge on any atom is 0.223 e. The summed E-state index contributed by atoms with van der Waals surface area (Å²) in [7, 11) is 0. The van der Waals surface area contributed by atoms with Gasteiger partial charge >= 0.3 is 0 Å². The van der Waals surface area contributed by atoms with E-state index in [0.717, 1.165) is 18.7 Å². The first-order valence-corrected chi connectivity index (χ1v) is 8.70. The Balaban J connectivity index is 1.48. The SMILES string of the molecule is Cc1nc(CCC(=O)N2CCC3(CC2)[C@@H](O)C[C@H]3OCCN)n[nH]1. The number of aliphatic hydroxyl groups is 1. The van der Waals surface area contributed by atoms with E-state index in [0.29, 0.717) is 51.3 Å². The number of aryl methyl sites for hydroxylation is 2. The molecule has 1 aliphatic heterocycles. The van der Waals surface area contributed by atoms with Crippen LogP contribution in [0, 0.1) is 12.3 Å². The van der Waals surface area contributed by atoms with Crippen molar-refractivity contribution in [2.75, 3.05) is 26.2 Å². The first-order valence-electron chi connectivity index (χ1n) is 8.70. The lowest BCUT2D eigenvalue weighted by atomic mass is 9.58. The number of piperidine rings is 1. The number of rotatable bonds is 6. The second-order valence-electron chi connectivity index (χ2n) is 6.85. The number of hydrogen-bond acceptors (Lipinski definition) is 6. The molecular weight excluding hydrogens is 310 g/mol. The van der Waals surface area contributed by atoms with Crippen molar-refractivity contribution >= 4 is 5.91 Å². The van der Waals surface area contributed by atoms with E-state index in [2.05, 4.69) is 15.2 Å². The normalized spacial score (nSPS) is 25.7. The van der Waals surface area contributed by atoms with Gasteiger partial charge in [0.25, 0.3) is 0 Å². The summed E-state index contributed by atoms with van der Waals surface area (Å²) in [4.78, 5) is 18.5. The monoisotopic (exact) mass is 337 g/mol. The largest absolute Gasteiger partial charge is 0.392 e. The van der Waals surface area contributed by atoms with Crippen molar-refractivity contribution in [3.8, 4) is 0 Å². The van der Waals surface area contributed by atoms with Crippen LogP contribution >= 0.6 is 0 Å². The number of aromatic nitrogens is 3. The van der Waals surface area contributed by atoms with E-state index in [-0.39, 0.29) is 23.5 Å². The fraction of sp³-hybridized carbons (Fsp3) is 0.812. The maximum absolute atomic E-state index is 12.4. The lowest BCUT2D eigenvalue weighted by molar-refractivity contribution is -0.210.